The van der Waals surface area contributed by atoms with Gasteiger partial charge in [0.25, 0.3) is 0 Å². The molecule has 0 unspecified atom stereocenters. The van der Waals surface area contributed by atoms with E-state index in [1.165, 1.54) is 5.00 Å². The number of aromatic nitrogens is 1. The average Bonchev–Trinajstić information content (AvgIpc) is 2.91. The van der Waals surface area contributed by atoms with Gasteiger partial charge in [-0.15, -0.1) is 11.3 Å². The number of thiophene rings is 1. The lowest BCUT2D eigenvalue weighted by molar-refractivity contribution is 0.122. The van der Waals surface area contributed by atoms with E-state index in [1.807, 2.05) is 18.5 Å². The molecule has 0 radical (unpaired) electrons. The summed E-state index contributed by atoms with van der Waals surface area (Å²) in [4.78, 5) is 8.30. The minimum atomic E-state index is 0.522. The predicted octanol–water partition coefficient (Wildman–Crippen LogP) is 2.98. The molecule has 7 heteroatoms. The number of rotatable bonds is 3. The molecule has 2 N–H and O–H groups in total. The van der Waals surface area contributed by atoms with E-state index in [0.29, 0.717) is 5.41 Å². The highest BCUT2D eigenvalue weighted by molar-refractivity contribution is 7.21. The van der Waals surface area contributed by atoms with E-state index in [1.54, 1.807) is 22.7 Å². The Bertz CT molecular complexity index is 639. The Morgan fingerprint density at radius 1 is 1.45 bits per heavy atom. The van der Waals surface area contributed by atoms with Crippen molar-refractivity contribution in [2.75, 3.05) is 43.4 Å². The van der Waals surface area contributed by atoms with E-state index >= 15 is 0 Å². The molecule has 0 saturated carbocycles. The summed E-state index contributed by atoms with van der Waals surface area (Å²) < 4.78 is 0. The number of nitrogens with one attached hydrogen (secondary N) is 2. The molecule has 4 heterocycles. The highest BCUT2D eigenvalue weighted by Crippen LogP contribution is 2.46. The number of anilines is 2. The van der Waals surface area contributed by atoms with Crippen LogP contribution in [0.25, 0.3) is 10.6 Å². The molecule has 2 aliphatic heterocycles. The molecular formula is C13H15ClN4S2. The molecule has 2 aliphatic rings. The molecule has 106 valence electrons. The third-order valence-electron chi connectivity index (χ3n) is 3.96. The number of hydrogen-bond acceptors (Lipinski definition) is 6. The van der Waals surface area contributed by atoms with Crippen LogP contribution in [0.4, 0.5) is 10.1 Å². The van der Waals surface area contributed by atoms with Gasteiger partial charge in [0.15, 0.2) is 5.13 Å². The SMILES string of the molecule is CNc1nc(-c2cc(Cl)cs2)c(N2CC3(CNC3)C2)s1. The summed E-state index contributed by atoms with van der Waals surface area (Å²) in [5.41, 5.74) is 1.59. The van der Waals surface area contributed by atoms with Gasteiger partial charge in [0.05, 0.1) is 9.90 Å². The maximum absolute atomic E-state index is 6.06. The van der Waals surface area contributed by atoms with Crippen molar-refractivity contribution in [1.29, 1.82) is 0 Å². The Morgan fingerprint density at radius 2 is 2.25 bits per heavy atom. The number of thiazole rings is 1. The second-order valence-electron chi connectivity index (χ2n) is 5.51. The van der Waals surface area contributed by atoms with Gasteiger partial charge in [0.2, 0.25) is 0 Å². The number of halogens is 1. The maximum Gasteiger partial charge on any atom is 0.185 e. The zero-order valence-corrected chi connectivity index (χ0v) is 13.5. The Balaban J connectivity index is 1.66. The van der Waals surface area contributed by atoms with Crippen LogP contribution in [0.1, 0.15) is 0 Å². The monoisotopic (exact) mass is 326 g/mol. The normalized spacial score (nSPS) is 19.8. The van der Waals surface area contributed by atoms with E-state index in [0.717, 1.165) is 46.9 Å². The molecule has 2 aromatic heterocycles. The van der Waals surface area contributed by atoms with Gasteiger partial charge in [-0.2, -0.15) is 0 Å². The number of hydrogen-bond donors (Lipinski definition) is 2. The molecule has 2 fully saturated rings. The first kappa shape index (κ1) is 12.9. The van der Waals surface area contributed by atoms with E-state index in [2.05, 4.69) is 15.5 Å². The van der Waals surface area contributed by atoms with Gasteiger partial charge in [0, 0.05) is 44.0 Å². The molecule has 4 nitrogen and oxygen atoms in total. The third-order valence-corrected chi connectivity index (χ3v) is 6.38. The summed E-state index contributed by atoms with van der Waals surface area (Å²) in [5.74, 6) is 0. The fourth-order valence-electron chi connectivity index (χ4n) is 2.84. The van der Waals surface area contributed by atoms with Crippen molar-refractivity contribution in [3.63, 3.8) is 0 Å². The molecule has 4 rings (SSSR count). The molecule has 0 aromatic carbocycles. The van der Waals surface area contributed by atoms with Crippen LogP contribution in [0.2, 0.25) is 5.02 Å². The molecule has 1 spiro atoms. The van der Waals surface area contributed by atoms with E-state index in [-0.39, 0.29) is 0 Å². The van der Waals surface area contributed by atoms with Crippen LogP contribution >= 0.6 is 34.3 Å². The largest absolute Gasteiger partial charge is 0.365 e. The van der Waals surface area contributed by atoms with Crippen LogP contribution in [0, 0.1) is 5.41 Å². The summed E-state index contributed by atoms with van der Waals surface area (Å²) in [6.07, 6.45) is 0. The molecule has 0 bridgehead atoms. The lowest BCUT2D eigenvalue weighted by atomic mass is 9.74. The molecule has 2 saturated heterocycles. The first-order valence-corrected chi connectivity index (χ1v) is 8.65. The van der Waals surface area contributed by atoms with Crippen molar-refractivity contribution < 1.29 is 0 Å². The van der Waals surface area contributed by atoms with Gasteiger partial charge in [0.1, 0.15) is 10.7 Å². The van der Waals surface area contributed by atoms with Gasteiger partial charge in [-0.25, -0.2) is 4.98 Å². The molecule has 2 aromatic rings. The Morgan fingerprint density at radius 3 is 2.80 bits per heavy atom. The van der Waals surface area contributed by atoms with Crippen LogP contribution < -0.4 is 15.5 Å². The minimum absolute atomic E-state index is 0.522. The van der Waals surface area contributed by atoms with Gasteiger partial charge >= 0.3 is 0 Å². The van der Waals surface area contributed by atoms with Crippen LogP contribution in [-0.4, -0.2) is 38.2 Å². The summed E-state index contributed by atoms with van der Waals surface area (Å²) >= 11 is 9.44. The zero-order valence-electron chi connectivity index (χ0n) is 11.1. The highest BCUT2D eigenvalue weighted by atomic mass is 35.5. The van der Waals surface area contributed by atoms with Crippen molar-refractivity contribution in [2.24, 2.45) is 5.41 Å². The predicted molar refractivity (Wildman–Crippen MR) is 87.5 cm³/mol. The molecule has 20 heavy (non-hydrogen) atoms. The highest BCUT2D eigenvalue weighted by Gasteiger charge is 2.48. The molecule has 0 aliphatic carbocycles. The van der Waals surface area contributed by atoms with Crippen LogP contribution in [-0.2, 0) is 0 Å². The second-order valence-corrected chi connectivity index (χ2v) is 7.84. The molecule has 0 atom stereocenters. The van der Waals surface area contributed by atoms with E-state index in [4.69, 9.17) is 16.6 Å². The summed E-state index contributed by atoms with van der Waals surface area (Å²) in [6.45, 7) is 4.58. The average molecular weight is 327 g/mol. The fraction of sp³-hybridized carbons (Fsp3) is 0.462. The van der Waals surface area contributed by atoms with Crippen molar-refractivity contribution >= 4 is 44.4 Å². The Labute approximate surface area is 130 Å². The minimum Gasteiger partial charge on any atom is -0.365 e. The molecular weight excluding hydrogens is 312 g/mol. The quantitative estimate of drug-likeness (QED) is 0.909. The van der Waals surface area contributed by atoms with Gasteiger partial charge < -0.3 is 15.5 Å². The van der Waals surface area contributed by atoms with Gasteiger partial charge in [-0.3, -0.25) is 0 Å². The van der Waals surface area contributed by atoms with Gasteiger partial charge in [-0.1, -0.05) is 22.9 Å². The van der Waals surface area contributed by atoms with E-state index in [9.17, 15) is 0 Å². The zero-order chi connectivity index (χ0) is 13.7. The smallest absolute Gasteiger partial charge is 0.185 e. The lowest BCUT2D eigenvalue weighted by Gasteiger charge is -2.56. The second kappa shape index (κ2) is 4.59. The van der Waals surface area contributed by atoms with Crippen molar-refractivity contribution in [3.05, 3.63) is 16.5 Å². The number of nitrogens with zero attached hydrogens (tertiary/aromatic N) is 2. The van der Waals surface area contributed by atoms with Crippen molar-refractivity contribution in [3.8, 4) is 10.6 Å². The van der Waals surface area contributed by atoms with E-state index < -0.39 is 0 Å². The summed E-state index contributed by atoms with van der Waals surface area (Å²) in [7, 11) is 1.92. The van der Waals surface area contributed by atoms with Gasteiger partial charge in [-0.05, 0) is 6.07 Å². The summed E-state index contributed by atoms with van der Waals surface area (Å²) in [6, 6.07) is 2.00. The standard InChI is InChI=1S/C13H15ClN4S2/c1-15-12-17-10(9-2-8(14)3-19-9)11(20-12)18-6-13(7-18)4-16-5-13/h2-3,16H,4-7H2,1H3,(H,15,17). The van der Waals surface area contributed by atoms with Crippen molar-refractivity contribution in [2.45, 2.75) is 0 Å². The van der Waals surface area contributed by atoms with Crippen LogP contribution in [0.5, 0.6) is 0 Å². The summed E-state index contributed by atoms with van der Waals surface area (Å²) in [5, 5.41) is 11.5. The fourth-order valence-corrected chi connectivity index (χ4v) is 4.90. The lowest BCUT2D eigenvalue weighted by Crippen LogP contribution is -2.71. The van der Waals surface area contributed by atoms with Crippen LogP contribution in [0.3, 0.4) is 0 Å². The molecule has 0 amide bonds. The first-order valence-electron chi connectivity index (χ1n) is 6.58. The third kappa shape index (κ3) is 1.94. The Hall–Kier alpha value is -0.820. The van der Waals surface area contributed by atoms with Crippen molar-refractivity contribution in [1.82, 2.24) is 10.3 Å². The topological polar surface area (TPSA) is 40.2 Å². The van der Waals surface area contributed by atoms with Crippen LogP contribution in [0.15, 0.2) is 11.4 Å². The first-order chi connectivity index (χ1) is 9.69. The Kier molecular flexibility index (Phi) is 2.96. The maximum atomic E-state index is 6.06.